The molecule has 1 atom stereocenters. The lowest BCUT2D eigenvalue weighted by molar-refractivity contribution is -0.111. The van der Waals surface area contributed by atoms with Gasteiger partial charge in [-0.3, -0.25) is 10.1 Å². The number of hydrogen-bond acceptors (Lipinski definition) is 6. The van der Waals surface area contributed by atoms with E-state index in [0.29, 0.717) is 41.2 Å². The molecule has 0 unspecified atom stereocenters. The van der Waals surface area contributed by atoms with E-state index in [1.54, 1.807) is 36.4 Å². The molecule has 0 aliphatic rings. The Balaban J connectivity index is 1.74. The molecular weight excluding hydrogens is 494 g/mol. The molecule has 8 heteroatoms. The van der Waals surface area contributed by atoms with Gasteiger partial charge >= 0.3 is 6.09 Å². The highest BCUT2D eigenvalue weighted by Crippen LogP contribution is 2.44. The molecule has 0 saturated heterocycles. The van der Waals surface area contributed by atoms with E-state index in [4.69, 9.17) is 15.2 Å². The molecule has 3 rings (SSSR count). The summed E-state index contributed by atoms with van der Waals surface area (Å²) in [6, 6.07) is 21.8. The van der Waals surface area contributed by atoms with E-state index >= 15 is 0 Å². The van der Waals surface area contributed by atoms with Crippen molar-refractivity contribution in [1.82, 2.24) is 0 Å². The molecule has 8 nitrogen and oxygen atoms in total. The zero-order valence-corrected chi connectivity index (χ0v) is 22.6. The molecule has 3 aromatic carbocycles. The Morgan fingerprint density at radius 3 is 2.41 bits per heavy atom. The van der Waals surface area contributed by atoms with Gasteiger partial charge in [-0.1, -0.05) is 68.0 Å². The van der Waals surface area contributed by atoms with Crippen LogP contribution in [0.2, 0.25) is 0 Å². The number of aryl methyl sites for hydroxylation is 1. The molecule has 2 amide bonds. The average Bonchev–Trinajstić information content (AvgIpc) is 2.91. The fourth-order valence-corrected chi connectivity index (χ4v) is 4.08. The number of para-hydroxylation sites is 3. The van der Waals surface area contributed by atoms with Gasteiger partial charge in [0.15, 0.2) is 0 Å². The molecule has 3 aromatic rings. The van der Waals surface area contributed by atoms with E-state index in [-0.39, 0.29) is 19.1 Å². The van der Waals surface area contributed by atoms with Gasteiger partial charge in [-0.05, 0) is 56.2 Å². The van der Waals surface area contributed by atoms with E-state index in [1.807, 2.05) is 63.2 Å². The first-order valence-corrected chi connectivity index (χ1v) is 12.9. The van der Waals surface area contributed by atoms with Crippen molar-refractivity contribution in [2.45, 2.75) is 39.7 Å². The Kier molecular flexibility index (Phi) is 10.5. The number of carbonyl (C=O) groups is 2. The van der Waals surface area contributed by atoms with Gasteiger partial charge < -0.3 is 25.6 Å². The number of nitrogens with two attached hydrogens (primary N) is 1. The second kappa shape index (κ2) is 14.0. The summed E-state index contributed by atoms with van der Waals surface area (Å²) >= 11 is 0. The Morgan fingerprint density at radius 1 is 1.00 bits per heavy atom. The molecule has 39 heavy (non-hydrogen) atoms. The van der Waals surface area contributed by atoms with Crippen molar-refractivity contribution in [1.29, 1.82) is 0 Å². The summed E-state index contributed by atoms with van der Waals surface area (Å²) < 4.78 is 11.8. The molecule has 0 saturated carbocycles. The van der Waals surface area contributed by atoms with Crippen LogP contribution >= 0.6 is 0 Å². The maximum absolute atomic E-state index is 13.0. The fourth-order valence-electron chi connectivity index (χ4n) is 4.08. The SMILES string of the molecule is Cc1ccc(NC(=O)O[C@@H](c2ccccc2OCCO)C(C)(C)CC/C=C/C(=O)Nc2ccccc2N)cc1. The van der Waals surface area contributed by atoms with Crippen molar-refractivity contribution in [3.05, 3.63) is 96.1 Å². The fraction of sp³-hybridized carbons (Fsp3) is 0.290. The molecule has 0 aromatic heterocycles. The number of nitrogens with one attached hydrogen (secondary N) is 2. The van der Waals surface area contributed by atoms with Gasteiger partial charge in [-0.25, -0.2) is 4.79 Å². The molecule has 0 bridgehead atoms. The minimum atomic E-state index is -0.677. The highest BCUT2D eigenvalue weighted by Gasteiger charge is 2.35. The molecule has 0 radical (unpaired) electrons. The summed E-state index contributed by atoms with van der Waals surface area (Å²) in [6.07, 6.45) is 3.15. The lowest BCUT2D eigenvalue weighted by Crippen LogP contribution is -2.29. The van der Waals surface area contributed by atoms with Gasteiger partial charge in [0.05, 0.1) is 18.0 Å². The Morgan fingerprint density at radius 2 is 1.69 bits per heavy atom. The van der Waals surface area contributed by atoms with E-state index in [1.165, 1.54) is 6.08 Å². The maximum atomic E-state index is 13.0. The summed E-state index contributed by atoms with van der Waals surface area (Å²) in [4.78, 5) is 25.3. The van der Waals surface area contributed by atoms with Gasteiger partial charge in [-0.15, -0.1) is 0 Å². The number of hydrogen-bond donors (Lipinski definition) is 4. The first-order valence-electron chi connectivity index (χ1n) is 12.9. The molecule has 0 aliphatic carbocycles. The molecule has 0 spiro atoms. The third-order valence-electron chi connectivity index (χ3n) is 6.23. The Labute approximate surface area is 229 Å². The number of amides is 2. The summed E-state index contributed by atoms with van der Waals surface area (Å²) in [5.74, 6) is 0.252. The van der Waals surface area contributed by atoms with Crippen LogP contribution in [0.5, 0.6) is 5.75 Å². The number of carbonyl (C=O) groups excluding carboxylic acids is 2. The van der Waals surface area contributed by atoms with Crippen LogP contribution in [0.25, 0.3) is 0 Å². The number of aliphatic hydroxyl groups excluding tert-OH is 1. The number of nitrogen functional groups attached to an aromatic ring is 1. The number of benzene rings is 3. The van der Waals surface area contributed by atoms with Crippen LogP contribution in [0.4, 0.5) is 21.9 Å². The minimum Gasteiger partial charge on any atom is -0.491 e. The van der Waals surface area contributed by atoms with Gasteiger partial charge in [0.1, 0.15) is 18.5 Å². The van der Waals surface area contributed by atoms with Gasteiger partial charge in [0, 0.05) is 16.7 Å². The summed E-state index contributed by atoms with van der Waals surface area (Å²) in [5.41, 5.74) is 8.79. The van der Waals surface area contributed by atoms with Gasteiger partial charge in [0.25, 0.3) is 0 Å². The van der Waals surface area contributed by atoms with Crippen molar-refractivity contribution in [2.75, 3.05) is 29.6 Å². The molecule has 0 aliphatic heterocycles. The van der Waals surface area contributed by atoms with E-state index in [9.17, 15) is 14.7 Å². The van der Waals surface area contributed by atoms with Crippen LogP contribution in [-0.4, -0.2) is 30.3 Å². The lowest BCUT2D eigenvalue weighted by Gasteiger charge is -2.35. The number of aliphatic hydroxyl groups is 1. The predicted molar refractivity (Wildman–Crippen MR) is 155 cm³/mol. The molecule has 5 N–H and O–H groups in total. The highest BCUT2D eigenvalue weighted by atomic mass is 16.6. The topological polar surface area (TPSA) is 123 Å². The van der Waals surface area contributed by atoms with Crippen LogP contribution in [0.15, 0.2) is 84.9 Å². The van der Waals surface area contributed by atoms with Crippen molar-refractivity contribution >= 4 is 29.1 Å². The van der Waals surface area contributed by atoms with Crippen LogP contribution in [-0.2, 0) is 9.53 Å². The van der Waals surface area contributed by atoms with Crippen molar-refractivity contribution in [3.63, 3.8) is 0 Å². The van der Waals surface area contributed by atoms with Crippen LogP contribution in [0, 0.1) is 12.3 Å². The number of rotatable bonds is 12. The maximum Gasteiger partial charge on any atom is 0.412 e. The zero-order valence-electron chi connectivity index (χ0n) is 22.6. The molecule has 0 fully saturated rings. The number of allylic oxidation sites excluding steroid dienone is 1. The largest absolute Gasteiger partial charge is 0.491 e. The minimum absolute atomic E-state index is 0.115. The smallest absolute Gasteiger partial charge is 0.412 e. The van der Waals surface area contributed by atoms with Crippen molar-refractivity contribution in [3.8, 4) is 5.75 Å². The number of anilines is 3. The first-order chi connectivity index (χ1) is 18.7. The van der Waals surface area contributed by atoms with Gasteiger partial charge in [-0.2, -0.15) is 0 Å². The second-order valence-corrected chi connectivity index (χ2v) is 9.89. The standard InChI is InChI=1S/C31H37N3O5/c1-22-15-17-23(18-16-22)33-30(37)39-29(24-10-4-7-13-27(24)38-21-20-35)31(2,3)19-9-8-14-28(36)34-26-12-6-5-11-25(26)32/h4-8,10-18,29,35H,9,19-21,32H2,1-3H3,(H,33,37)(H,34,36)/b14-8+/t29-/m0/s1. The van der Waals surface area contributed by atoms with Crippen LogP contribution in [0.3, 0.4) is 0 Å². The van der Waals surface area contributed by atoms with Crippen molar-refractivity contribution in [2.24, 2.45) is 5.41 Å². The summed E-state index contributed by atoms with van der Waals surface area (Å²) in [6.45, 7) is 5.94. The van der Waals surface area contributed by atoms with Crippen molar-refractivity contribution < 1.29 is 24.2 Å². The summed E-state index contributed by atoms with van der Waals surface area (Å²) in [7, 11) is 0. The van der Waals surface area contributed by atoms with Crippen LogP contribution in [0.1, 0.15) is 43.9 Å². The molecule has 0 heterocycles. The first kappa shape index (κ1) is 29.3. The normalized spacial score (nSPS) is 12.1. The van der Waals surface area contributed by atoms with E-state index < -0.39 is 17.6 Å². The average molecular weight is 532 g/mol. The predicted octanol–water partition coefficient (Wildman–Crippen LogP) is 6.24. The quantitative estimate of drug-likeness (QED) is 0.162. The number of ether oxygens (including phenoxy) is 2. The molecular formula is C31H37N3O5. The zero-order chi connectivity index (χ0) is 28.3. The lowest BCUT2D eigenvalue weighted by atomic mass is 9.78. The summed E-state index contributed by atoms with van der Waals surface area (Å²) in [5, 5.41) is 14.8. The third kappa shape index (κ3) is 8.90. The van der Waals surface area contributed by atoms with Crippen LogP contribution < -0.4 is 21.1 Å². The Bertz CT molecular complexity index is 1270. The monoisotopic (exact) mass is 531 g/mol. The molecule has 206 valence electrons. The van der Waals surface area contributed by atoms with E-state index in [0.717, 1.165) is 5.56 Å². The second-order valence-electron chi connectivity index (χ2n) is 9.89. The van der Waals surface area contributed by atoms with Gasteiger partial charge in [0.2, 0.25) is 5.91 Å². The Hall–Kier alpha value is -4.30. The van der Waals surface area contributed by atoms with E-state index in [2.05, 4.69) is 10.6 Å². The third-order valence-corrected chi connectivity index (χ3v) is 6.23. The highest BCUT2D eigenvalue weighted by molar-refractivity contribution is 6.01.